The van der Waals surface area contributed by atoms with Gasteiger partial charge in [0.05, 0.1) is 0 Å². The van der Waals surface area contributed by atoms with Gasteiger partial charge < -0.3 is 9.88 Å². The Morgan fingerprint density at radius 2 is 2.09 bits per heavy atom. The van der Waals surface area contributed by atoms with Crippen LogP contribution in [0.4, 0.5) is 4.39 Å². The van der Waals surface area contributed by atoms with Crippen molar-refractivity contribution in [3.8, 4) is 0 Å². The molecule has 0 saturated carbocycles. The maximum atomic E-state index is 13.6. The Morgan fingerprint density at radius 3 is 2.97 bits per heavy atom. The zero-order valence-corrected chi connectivity index (χ0v) is 19.7. The van der Waals surface area contributed by atoms with Crippen LogP contribution in [0.3, 0.4) is 0 Å². The molecule has 0 bridgehead atoms. The fourth-order valence-electron chi connectivity index (χ4n) is 4.37. The lowest BCUT2D eigenvalue weighted by Crippen LogP contribution is -2.36. The fraction of sp³-hybridized carbons (Fsp3) is 0.304. The minimum atomic E-state index is -3.57. The highest BCUT2D eigenvalue weighted by Gasteiger charge is 2.28. The van der Waals surface area contributed by atoms with Gasteiger partial charge in [-0.2, -0.15) is 0 Å². The average molecular weight is 492 g/mol. The summed E-state index contributed by atoms with van der Waals surface area (Å²) < 4.78 is 43.4. The summed E-state index contributed by atoms with van der Waals surface area (Å²) in [7, 11) is -3.57. The molecule has 1 aliphatic heterocycles. The van der Waals surface area contributed by atoms with E-state index in [1.165, 1.54) is 17.4 Å². The van der Waals surface area contributed by atoms with Crippen molar-refractivity contribution < 1.29 is 12.8 Å². The van der Waals surface area contributed by atoms with E-state index in [2.05, 4.69) is 14.6 Å². The number of benzene rings is 2. The van der Waals surface area contributed by atoms with Gasteiger partial charge in [0.1, 0.15) is 10.0 Å². The van der Waals surface area contributed by atoms with Gasteiger partial charge in [0, 0.05) is 39.4 Å². The molecule has 5 rings (SSSR count). The van der Waals surface area contributed by atoms with Gasteiger partial charge in [-0.15, -0.1) is 11.3 Å². The summed E-state index contributed by atoms with van der Waals surface area (Å²) in [5.41, 5.74) is 2.06. The lowest BCUT2D eigenvalue weighted by atomic mass is 10.1. The number of thiophene rings is 1. The molecule has 0 spiro atoms. The molecular weight excluding hydrogens is 469 g/mol. The van der Waals surface area contributed by atoms with Crippen molar-refractivity contribution in [1.82, 2.24) is 14.6 Å². The molecule has 3 heterocycles. The van der Waals surface area contributed by atoms with Crippen LogP contribution in [0.25, 0.3) is 21.0 Å². The molecule has 5 nitrogen and oxygen atoms in total. The summed E-state index contributed by atoms with van der Waals surface area (Å²) >= 11 is 7.26. The van der Waals surface area contributed by atoms with E-state index in [-0.39, 0.29) is 11.9 Å². The van der Waals surface area contributed by atoms with Crippen molar-refractivity contribution in [2.24, 2.45) is 0 Å². The van der Waals surface area contributed by atoms with Crippen LogP contribution in [0.1, 0.15) is 18.4 Å². The average Bonchev–Trinajstić information content (AvgIpc) is 3.46. The molecule has 1 fully saturated rings. The van der Waals surface area contributed by atoms with Gasteiger partial charge in [-0.05, 0) is 79.7 Å². The highest BCUT2D eigenvalue weighted by Crippen LogP contribution is 2.31. The van der Waals surface area contributed by atoms with E-state index in [0.29, 0.717) is 15.8 Å². The van der Waals surface area contributed by atoms with Gasteiger partial charge in [0.15, 0.2) is 0 Å². The Morgan fingerprint density at radius 1 is 1.22 bits per heavy atom. The molecule has 4 aromatic rings. The molecule has 1 saturated heterocycles. The van der Waals surface area contributed by atoms with Crippen molar-refractivity contribution in [3.05, 3.63) is 65.1 Å². The Kier molecular flexibility index (Phi) is 5.98. The number of aromatic nitrogens is 1. The zero-order valence-electron chi connectivity index (χ0n) is 17.3. The van der Waals surface area contributed by atoms with Gasteiger partial charge in [0.25, 0.3) is 0 Å². The van der Waals surface area contributed by atoms with E-state index in [1.807, 2.05) is 12.3 Å². The van der Waals surface area contributed by atoms with Crippen LogP contribution in [0, 0.1) is 5.82 Å². The molecule has 32 heavy (non-hydrogen) atoms. The molecule has 1 atom stereocenters. The Balaban J connectivity index is 1.16. The van der Waals surface area contributed by atoms with Gasteiger partial charge in [0.2, 0.25) is 10.0 Å². The minimum absolute atomic E-state index is 0.101. The van der Waals surface area contributed by atoms with Gasteiger partial charge in [-0.25, -0.2) is 17.5 Å². The van der Waals surface area contributed by atoms with E-state index in [4.69, 9.17) is 11.6 Å². The summed E-state index contributed by atoms with van der Waals surface area (Å²) in [5, 5.41) is 2.41. The van der Waals surface area contributed by atoms with Gasteiger partial charge >= 0.3 is 0 Å². The van der Waals surface area contributed by atoms with E-state index in [1.54, 1.807) is 30.3 Å². The Hall–Kier alpha value is -1.97. The van der Waals surface area contributed by atoms with Gasteiger partial charge in [-0.1, -0.05) is 17.7 Å². The topological polar surface area (TPSA) is 65.2 Å². The van der Waals surface area contributed by atoms with Crippen LogP contribution in [-0.4, -0.2) is 44.0 Å². The third-order valence-corrected chi connectivity index (χ3v) is 9.30. The SMILES string of the molecule is O=S(=O)(NC1CCN(CCCc2c[nH]c3ccc(F)cc23)C1)c1cc2ccc(Cl)cc2s1. The highest BCUT2D eigenvalue weighted by molar-refractivity contribution is 7.91. The van der Waals surface area contributed by atoms with Crippen LogP contribution in [0.5, 0.6) is 0 Å². The fourth-order valence-corrected chi connectivity index (χ4v) is 7.33. The lowest BCUT2D eigenvalue weighted by molar-refractivity contribution is 0.327. The van der Waals surface area contributed by atoms with E-state index in [9.17, 15) is 12.8 Å². The monoisotopic (exact) mass is 491 g/mol. The maximum Gasteiger partial charge on any atom is 0.250 e. The van der Waals surface area contributed by atoms with E-state index >= 15 is 0 Å². The number of fused-ring (bicyclic) bond motifs is 2. The third kappa shape index (κ3) is 4.56. The van der Waals surface area contributed by atoms with Crippen LogP contribution in [0.15, 0.2) is 52.9 Å². The Labute approximate surface area is 195 Å². The van der Waals surface area contributed by atoms with Gasteiger partial charge in [-0.3, -0.25) is 0 Å². The number of nitrogens with zero attached hydrogens (tertiary/aromatic N) is 1. The first-order chi connectivity index (χ1) is 15.4. The van der Waals surface area contributed by atoms with Crippen LogP contribution < -0.4 is 4.72 Å². The second-order valence-corrected chi connectivity index (χ2v) is 11.7. The largest absolute Gasteiger partial charge is 0.361 e. The predicted octanol–water partition coefficient (Wildman–Crippen LogP) is 5.16. The number of aromatic amines is 1. The normalized spacial score (nSPS) is 17.6. The Bertz CT molecular complexity index is 1380. The number of likely N-dealkylation sites (tertiary alicyclic amines) is 1. The number of sulfonamides is 1. The van der Waals surface area contributed by atoms with Crippen LogP contribution in [-0.2, 0) is 16.4 Å². The summed E-state index contributed by atoms with van der Waals surface area (Å²) in [6.45, 7) is 2.43. The second kappa shape index (κ2) is 8.76. The molecule has 1 aliphatic rings. The van der Waals surface area contributed by atoms with Crippen molar-refractivity contribution >= 4 is 54.0 Å². The van der Waals surface area contributed by atoms with Crippen molar-refractivity contribution in [2.75, 3.05) is 19.6 Å². The van der Waals surface area contributed by atoms with Crippen LogP contribution >= 0.6 is 22.9 Å². The van der Waals surface area contributed by atoms with Crippen molar-refractivity contribution in [1.29, 1.82) is 0 Å². The van der Waals surface area contributed by atoms with E-state index < -0.39 is 10.0 Å². The quantitative estimate of drug-likeness (QED) is 0.375. The summed E-state index contributed by atoms with van der Waals surface area (Å²) in [5.74, 6) is -0.227. The summed E-state index contributed by atoms with van der Waals surface area (Å²) in [6, 6.07) is 11.8. The molecule has 0 aliphatic carbocycles. The van der Waals surface area contributed by atoms with Crippen LogP contribution in [0.2, 0.25) is 5.02 Å². The second-order valence-electron chi connectivity index (χ2n) is 8.26. The molecule has 2 N–H and O–H groups in total. The first-order valence-electron chi connectivity index (χ1n) is 10.6. The number of rotatable bonds is 7. The first-order valence-corrected chi connectivity index (χ1v) is 13.2. The number of halogens is 2. The number of aryl methyl sites for hydroxylation is 1. The smallest absolute Gasteiger partial charge is 0.250 e. The molecule has 2 aromatic heterocycles. The summed E-state index contributed by atoms with van der Waals surface area (Å²) in [4.78, 5) is 5.48. The molecule has 2 aromatic carbocycles. The standard InChI is InChI=1S/C23H23ClFN3O2S2/c24-17-4-3-15-10-23(31-22(15)11-17)32(29,30)27-19-7-9-28(14-19)8-1-2-16-13-26-21-6-5-18(25)12-20(16)21/h3-6,10-13,19,26-27H,1-2,7-9,14H2. The zero-order chi connectivity index (χ0) is 22.3. The summed E-state index contributed by atoms with van der Waals surface area (Å²) in [6.07, 6.45) is 4.51. The first kappa shape index (κ1) is 21.9. The molecule has 0 radical (unpaired) electrons. The lowest BCUT2D eigenvalue weighted by Gasteiger charge is -2.16. The molecule has 1 unspecified atom stereocenters. The van der Waals surface area contributed by atoms with Crippen molar-refractivity contribution in [2.45, 2.75) is 29.5 Å². The van der Waals surface area contributed by atoms with E-state index in [0.717, 1.165) is 58.9 Å². The molecular formula is C23H23ClFN3O2S2. The highest BCUT2D eigenvalue weighted by atomic mass is 35.5. The number of hydrogen-bond donors (Lipinski definition) is 2. The molecule has 168 valence electrons. The number of nitrogens with one attached hydrogen (secondary N) is 2. The third-order valence-electron chi connectivity index (χ3n) is 5.97. The van der Waals surface area contributed by atoms with Crippen molar-refractivity contribution in [3.63, 3.8) is 0 Å². The molecule has 0 amide bonds. The molecule has 9 heteroatoms. The number of hydrogen-bond acceptors (Lipinski definition) is 4. The predicted molar refractivity (Wildman–Crippen MR) is 129 cm³/mol. The number of H-pyrrole nitrogens is 1. The minimum Gasteiger partial charge on any atom is -0.361 e. The maximum absolute atomic E-state index is 13.6.